The molecular weight excluding hydrogens is 418 g/mol. The minimum absolute atomic E-state index is 0.0706. The van der Waals surface area contributed by atoms with Crippen LogP contribution in [0.5, 0.6) is 0 Å². The predicted octanol–water partition coefficient (Wildman–Crippen LogP) is 4.41. The van der Waals surface area contributed by atoms with Gasteiger partial charge in [0.15, 0.2) is 5.54 Å². The minimum Gasteiger partial charge on any atom is -0.466 e. The number of carbonyl (C=O) groups is 2. The first-order chi connectivity index (χ1) is 14.9. The lowest BCUT2D eigenvalue weighted by molar-refractivity contribution is -0.122. The van der Waals surface area contributed by atoms with E-state index in [1.165, 1.54) is 6.26 Å². The number of halogens is 1. The van der Waals surface area contributed by atoms with E-state index < -0.39 is 23.0 Å². The number of anilines is 1. The van der Waals surface area contributed by atoms with Crippen LogP contribution < -0.4 is 15.8 Å². The zero-order chi connectivity index (χ0) is 21.8. The number of H-pyrrole nitrogens is 1. The fraction of sp³-hybridized carbons (Fsp3) is 0.0870. The van der Waals surface area contributed by atoms with E-state index in [4.69, 9.17) is 16.0 Å². The summed E-state index contributed by atoms with van der Waals surface area (Å²) in [4.78, 5) is 43.3. The summed E-state index contributed by atoms with van der Waals surface area (Å²) in [7, 11) is 0. The third-order valence-electron chi connectivity index (χ3n) is 5.44. The fourth-order valence-corrected chi connectivity index (χ4v) is 4.11. The topological polar surface area (TPSA) is 95.4 Å². The maximum Gasteiger partial charge on any atom is 0.330 e. The number of imide groups is 1. The number of amides is 3. The van der Waals surface area contributed by atoms with Crippen molar-refractivity contribution in [3.05, 3.63) is 88.1 Å². The van der Waals surface area contributed by atoms with Gasteiger partial charge in [-0.1, -0.05) is 41.9 Å². The van der Waals surface area contributed by atoms with Gasteiger partial charge in [-0.05, 0) is 42.8 Å². The smallest absolute Gasteiger partial charge is 0.330 e. The highest BCUT2D eigenvalue weighted by molar-refractivity contribution is 6.32. The van der Waals surface area contributed by atoms with Crippen molar-refractivity contribution in [3.63, 3.8) is 0 Å². The molecular formula is C23H16ClN3O4. The van der Waals surface area contributed by atoms with Crippen LogP contribution in [0.4, 0.5) is 10.5 Å². The molecule has 7 nitrogen and oxygen atoms in total. The molecule has 1 saturated heterocycles. The number of hydrogen-bond donors (Lipinski definition) is 2. The number of benzene rings is 2. The molecule has 3 amide bonds. The van der Waals surface area contributed by atoms with E-state index in [0.29, 0.717) is 27.1 Å². The molecule has 1 aliphatic heterocycles. The van der Waals surface area contributed by atoms with E-state index in [1.54, 1.807) is 37.3 Å². The van der Waals surface area contributed by atoms with E-state index >= 15 is 0 Å². The van der Waals surface area contributed by atoms with Crippen LogP contribution in [0, 0.1) is 0 Å². The molecule has 5 rings (SSSR count). The second kappa shape index (κ2) is 6.85. The summed E-state index contributed by atoms with van der Waals surface area (Å²) in [5.74, 6) is -0.341. The first-order valence-electron chi connectivity index (χ1n) is 9.52. The second-order valence-corrected chi connectivity index (χ2v) is 7.84. The Morgan fingerprint density at radius 1 is 1.00 bits per heavy atom. The number of nitrogens with zero attached hydrogens (tertiary/aromatic N) is 1. The third kappa shape index (κ3) is 2.85. The Morgan fingerprint density at radius 3 is 2.48 bits per heavy atom. The van der Waals surface area contributed by atoms with Gasteiger partial charge in [0.05, 0.1) is 6.26 Å². The number of pyridine rings is 1. The number of carbonyl (C=O) groups excluding carboxylic acids is 2. The van der Waals surface area contributed by atoms with Gasteiger partial charge in [0.25, 0.3) is 11.5 Å². The number of fused-ring (bicyclic) bond motifs is 1. The van der Waals surface area contributed by atoms with Crippen molar-refractivity contribution >= 4 is 40.1 Å². The van der Waals surface area contributed by atoms with E-state index in [0.717, 1.165) is 4.90 Å². The Kier molecular flexibility index (Phi) is 4.23. The molecule has 0 bridgehead atoms. The van der Waals surface area contributed by atoms with E-state index in [2.05, 4.69) is 10.3 Å². The zero-order valence-corrected chi connectivity index (χ0v) is 17.1. The summed E-state index contributed by atoms with van der Waals surface area (Å²) in [5, 5.41) is 3.73. The van der Waals surface area contributed by atoms with Crippen molar-refractivity contribution in [1.82, 2.24) is 10.3 Å². The molecule has 0 radical (unpaired) electrons. The van der Waals surface area contributed by atoms with E-state index in [9.17, 15) is 14.4 Å². The van der Waals surface area contributed by atoms with Crippen LogP contribution in [0.15, 0.2) is 76.1 Å². The van der Waals surface area contributed by atoms with Crippen LogP contribution >= 0.6 is 11.6 Å². The summed E-state index contributed by atoms with van der Waals surface area (Å²) < 4.78 is 5.39. The Morgan fingerprint density at radius 2 is 1.77 bits per heavy atom. The number of rotatable bonds is 3. The lowest BCUT2D eigenvalue weighted by Crippen LogP contribution is -2.41. The number of nitrogens with one attached hydrogen (secondary N) is 2. The van der Waals surface area contributed by atoms with Gasteiger partial charge >= 0.3 is 6.03 Å². The van der Waals surface area contributed by atoms with Crippen molar-refractivity contribution in [2.24, 2.45) is 0 Å². The minimum atomic E-state index is -1.44. The van der Waals surface area contributed by atoms with E-state index in [-0.39, 0.29) is 11.4 Å². The van der Waals surface area contributed by atoms with Crippen LogP contribution in [0.25, 0.3) is 22.0 Å². The first-order valence-corrected chi connectivity index (χ1v) is 9.89. The Bertz CT molecular complexity index is 1400. The fourth-order valence-electron chi connectivity index (χ4n) is 3.94. The highest BCUT2D eigenvalue weighted by Gasteiger charge is 2.53. The second-order valence-electron chi connectivity index (χ2n) is 7.41. The molecule has 0 aliphatic carbocycles. The Balaban J connectivity index is 1.81. The molecule has 2 N–H and O–H groups in total. The van der Waals surface area contributed by atoms with Crippen molar-refractivity contribution in [2.75, 3.05) is 4.90 Å². The van der Waals surface area contributed by atoms with Crippen LogP contribution in [0.2, 0.25) is 5.02 Å². The van der Waals surface area contributed by atoms with Crippen LogP contribution in [-0.2, 0) is 10.3 Å². The molecule has 1 atom stereocenters. The van der Waals surface area contributed by atoms with Crippen LogP contribution in [-0.4, -0.2) is 16.9 Å². The molecule has 2 aromatic heterocycles. The normalized spacial score (nSPS) is 18.6. The van der Waals surface area contributed by atoms with E-state index in [1.807, 2.05) is 30.3 Å². The first kappa shape index (κ1) is 19.1. The standard InChI is InChI=1S/C23H16ClN3O4/c1-23(17-8-5-11-31-17)21(29)27(22(30)26-23)19-18(13-6-3-2-4-7-13)15-12-14(24)9-10-16(15)25-20(19)28/h2-12H,1H3,(H,25,28)(H,26,30). The van der Waals surface area contributed by atoms with Gasteiger partial charge in [0.2, 0.25) is 0 Å². The SMILES string of the molecule is CC1(c2ccco2)NC(=O)N(c2c(-c3ccccc3)c3cc(Cl)ccc3[nH]c2=O)C1=O. The molecule has 0 saturated carbocycles. The number of furan rings is 1. The van der Waals surface area contributed by atoms with Gasteiger partial charge in [0.1, 0.15) is 11.4 Å². The van der Waals surface area contributed by atoms with Gasteiger partial charge in [-0.15, -0.1) is 0 Å². The molecule has 0 spiro atoms. The lowest BCUT2D eigenvalue weighted by atomic mass is 9.96. The Hall–Kier alpha value is -3.84. The summed E-state index contributed by atoms with van der Waals surface area (Å²) >= 11 is 6.24. The summed E-state index contributed by atoms with van der Waals surface area (Å²) in [6.07, 6.45) is 1.42. The largest absolute Gasteiger partial charge is 0.466 e. The quantitative estimate of drug-likeness (QED) is 0.468. The highest BCUT2D eigenvalue weighted by Crippen LogP contribution is 2.39. The van der Waals surface area contributed by atoms with Crippen molar-refractivity contribution in [3.8, 4) is 11.1 Å². The number of aromatic nitrogens is 1. The van der Waals surface area contributed by atoms with Crippen LogP contribution in [0.1, 0.15) is 12.7 Å². The number of urea groups is 1. The van der Waals surface area contributed by atoms with Crippen molar-refractivity contribution in [2.45, 2.75) is 12.5 Å². The molecule has 3 heterocycles. The Labute approximate surface area is 181 Å². The monoisotopic (exact) mass is 433 g/mol. The average Bonchev–Trinajstić information content (AvgIpc) is 3.37. The van der Waals surface area contributed by atoms with Gasteiger partial charge < -0.3 is 14.7 Å². The maximum atomic E-state index is 13.5. The number of aromatic amines is 1. The van der Waals surface area contributed by atoms with Gasteiger partial charge in [-0.3, -0.25) is 9.59 Å². The van der Waals surface area contributed by atoms with Gasteiger partial charge in [-0.25, -0.2) is 9.69 Å². The van der Waals surface area contributed by atoms with Gasteiger partial charge in [-0.2, -0.15) is 0 Å². The third-order valence-corrected chi connectivity index (χ3v) is 5.68. The van der Waals surface area contributed by atoms with Crippen LogP contribution in [0.3, 0.4) is 0 Å². The molecule has 1 aliphatic rings. The van der Waals surface area contributed by atoms with Crippen molar-refractivity contribution in [1.29, 1.82) is 0 Å². The lowest BCUT2D eigenvalue weighted by Gasteiger charge is -2.21. The zero-order valence-electron chi connectivity index (χ0n) is 16.3. The van der Waals surface area contributed by atoms with Crippen molar-refractivity contribution < 1.29 is 14.0 Å². The molecule has 2 aromatic carbocycles. The average molecular weight is 434 g/mol. The molecule has 154 valence electrons. The van der Waals surface area contributed by atoms with Gasteiger partial charge in [0, 0.05) is 21.5 Å². The molecule has 1 unspecified atom stereocenters. The summed E-state index contributed by atoms with van der Waals surface area (Å²) in [6, 6.07) is 16.7. The number of hydrogen-bond acceptors (Lipinski definition) is 4. The highest BCUT2D eigenvalue weighted by atomic mass is 35.5. The predicted molar refractivity (Wildman–Crippen MR) is 117 cm³/mol. The molecule has 1 fully saturated rings. The molecule has 31 heavy (non-hydrogen) atoms. The molecule has 8 heteroatoms. The maximum absolute atomic E-state index is 13.5. The summed E-state index contributed by atoms with van der Waals surface area (Å²) in [5.41, 5.74) is -0.431. The molecule has 4 aromatic rings. The summed E-state index contributed by atoms with van der Waals surface area (Å²) in [6.45, 7) is 1.54.